The van der Waals surface area contributed by atoms with E-state index < -0.39 is 0 Å². The topological polar surface area (TPSA) is 46.6 Å². The van der Waals surface area contributed by atoms with Gasteiger partial charge in [-0.25, -0.2) is 9.98 Å². The average molecular weight is 868 g/mol. The number of nitrogens with one attached hydrogen (secondary N) is 1. The molecular weight excluding hydrogens is 827 g/mol. The Kier molecular flexibility index (Phi) is 8.58. The summed E-state index contributed by atoms with van der Waals surface area (Å²) >= 11 is 0. The molecule has 3 heterocycles. The SMILES string of the molecule is c1ccc(C2N=C(c3ccc4c5ccccc5c5ccccc5c4c3)N=C(c3ccccc3-n3c4ccccc4c4c(-c5cccc6c5c5ccccc5n6-c5ccccc5)cccc43)N2)cc1. The Labute approximate surface area is 392 Å². The van der Waals surface area contributed by atoms with Crippen molar-refractivity contribution >= 4 is 87.6 Å². The largest absolute Gasteiger partial charge is 0.344 e. The summed E-state index contributed by atoms with van der Waals surface area (Å²) in [6, 6.07) is 85.1. The van der Waals surface area contributed by atoms with E-state index in [1.807, 2.05) is 0 Å². The second kappa shape index (κ2) is 15.3. The molecule has 1 N–H and O–H groups in total. The smallest absolute Gasteiger partial charge is 0.159 e. The first kappa shape index (κ1) is 38.2. The molecule has 5 nitrogen and oxygen atoms in total. The lowest BCUT2D eigenvalue weighted by Crippen LogP contribution is -2.34. The first-order valence-electron chi connectivity index (χ1n) is 23.3. The molecule has 1 aliphatic heterocycles. The van der Waals surface area contributed by atoms with Gasteiger partial charge in [0, 0.05) is 38.4 Å². The number of aromatic nitrogens is 2. The van der Waals surface area contributed by atoms with Crippen LogP contribution in [0.1, 0.15) is 22.9 Å². The van der Waals surface area contributed by atoms with E-state index >= 15 is 0 Å². The van der Waals surface area contributed by atoms with Gasteiger partial charge in [-0.1, -0.05) is 182 Å². The van der Waals surface area contributed by atoms with E-state index in [1.54, 1.807) is 0 Å². The van der Waals surface area contributed by atoms with E-state index in [2.05, 4.69) is 251 Å². The van der Waals surface area contributed by atoms with Gasteiger partial charge in [0.05, 0.1) is 27.8 Å². The molecule has 318 valence electrons. The third kappa shape index (κ3) is 5.82. The normalized spacial score (nSPS) is 14.0. The van der Waals surface area contributed by atoms with Crippen molar-refractivity contribution in [3.63, 3.8) is 0 Å². The fourth-order valence-electron chi connectivity index (χ4n) is 11.0. The van der Waals surface area contributed by atoms with Crippen molar-refractivity contribution in [1.82, 2.24) is 14.5 Å². The second-order valence-corrected chi connectivity index (χ2v) is 17.7. The average Bonchev–Trinajstić information content (AvgIpc) is 3.94. The first-order valence-corrected chi connectivity index (χ1v) is 23.3. The number of rotatable bonds is 6. The van der Waals surface area contributed by atoms with Crippen LogP contribution in [-0.4, -0.2) is 20.8 Å². The summed E-state index contributed by atoms with van der Waals surface area (Å²) in [4.78, 5) is 10.8. The summed E-state index contributed by atoms with van der Waals surface area (Å²) in [6.45, 7) is 0. The van der Waals surface area contributed by atoms with Gasteiger partial charge in [0.25, 0.3) is 0 Å². The van der Waals surface area contributed by atoms with Gasteiger partial charge in [-0.15, -0.1) is 0 Å². The fourth-order valence-corrected chi connectivity index (χ4v) is 11.0. The number of hydrogen-bond acceptors (Lipinski definition) is 3. The van der Waals surface area contributed by atoms with Gasteiger partial charge in [0.2, 0.25) is 0 Å². The van der Waals surface area contributed by atoms with Crippen molar-refractivity contribution in [3.8, 4) is 22.5 Å². The van der Waals surface area contributed by atoms with E-state index in [9.17, 15) is 0 Å². The van der Waals surface area contributed by atoms with Crippen LogP contribution in [0.4, 0.5) is 0 Å². The highest BCUT2D eigenvalue weighted by Gasteiger charge is 2.26. The lowest BCUT2D eigenvalue weighted by molar-refractivity contribution is 0.674. The molecule has 0 radical (unpaired) electrons. The molecular formula is C63H41N5. The van der Waals surface area contributed by atoms with E-state index in [1.165, 1.54) is 76.0 Å². The molecule has 0 fully saturated rings. The van der Waals surface area contributed by atoms with E-state index in [-0.39, 0.29) is 6.17 Å². The van der Waals surface area contributed by atoms with Gasteiger partial charge in [-0.2, -0.15) is 0 Å². The van der Waals surface area contributed by atoms with Crippen molar-refractivity contribution < 1.29 is 0 Å². The van der Waals surface area contributed by atoms with Gasteiger partial charge in [0.1, 0.15) is 12.0 Å². The van der Waals surface area contributed by atoms with Crippen LogP contribution in [0.5, 0.6) is 0 Å². The molecule has 0 bridgehead atoms. The number of amidine groups is 2. The summed E-state index contributed by atoms with van der Waals surface area (Å²) in [5.74, 6) is 1.46. The minimum Gasteiger partial charge on any atom is -0.344 e. The fraction of sp³-hybridized carbons (Fsp3) is 0.0159. The zero-order valence-electron chi connectivity index (χ0n) is 36.9. The number of nitrogens with zero attached hydrogens (tertiary/aromatic N) is 4. The summed E-state index contributed by atoms with van der Waals surface area (Å²) in [7, 11) is 0. The Hall–Kier alpha value is -9.06. The van der Waals surface area contributed by atoms with Crippen molar-refractivity contribution in [3.05, 3.63) is 253 Å². The van der Waals surface area contributed by atoms with Crippen molar-refractivity contribution in [1.29, 1.82) is 0 Å². The number of fused-ring (bicyclic) bond motifs is 12. The predicted molar refractivity (Wildman–Crippen MR) is 285 cm³/mol. The summed E-state index contributed by atoms with van der Waals surface area (Å²) in [6.07, 6.45) is -0.362. The van der Waals surface area contributed by atoms with Crippen molar-refractivity contribution in [2.45, 2.75) is 6.17 Å². The quantitative estimate of drug-likeness (QED) is 0.166. The van der Waals surface area contributed by atoms with Gasteiger partial charge in [0.15, 0.2) is 5.84 Å². The predicted octanol–water partition coefficient (Wildman–Crippen LogP) is 15.5. The third-order valence-corrected chi connectivity index (χ3v) is 14.0. The maximum absolute atomic E-state index is 5.47. The van der Waals surface area contributed by atoms with E-state index in [4.69, 9.17) is 9.98 Å². The molecule has 1 aliphatic rings. The van der Waals surface area contributed by atoms with Crippen molar-refractivity contribution in [2.75, 3.05) is 0 Å². The minimum absolute atomic E-state index is 0.362. The van der Waals surface area contributed by atoms with Crippen molar-refractivity contribution in [2.24, 2.45) is 9.98 Å². The molecule has 0 amide bonds. The minimum atomic E-state index is -0.362. The molecule has 1 unspecified atom stereocenters. The maximum atomic E-state index is 5.47. The highest BCUT2D eigenvalue weighted by atomic mass is 15.2. The summed E-state index contributed by atoms with van der Waals surface area (Å²) in [5.41, 5.74) is 12.2. The summed E-state index contributed by atoms with van der Waals surface area (Å²) < 4.78 is 4.82. The third-order valence-electron chi connectivity index (χ3n) is 14.0. The van der Waals surface area contributed by atoms with Gasteiger partial charge in [-0.05, 0) is 104 Å². The van der Waals surface area contributed by atoms with Crippen LogP contribution in [0.15, 0.2) is 247 Å². The van der Waals surface area contributed by atoms with Crippen LogP contribution in [0, 0.1) is 0 Å². The molecule has 0 saturated heterocycles. The molecule has 0 saturated carbocycles. The Bertz CT molecular complexity index is 4200. The lowest BCUT2D eigenvalue weighted by atomic mass is 9.93. The molecule has 14 rings (SSSR count). The van der Waals surface area contributed by atoms with Crippen LogP contribution < -0.4 is 5.32 Å². The molecule has 11 aromatic carbocycles. The van der Waals surface area contributed by atoms with Crippen LogP contribution in [0.3, 0.4) is 0 Å². The molecule has 1 atom stereocenters. The molecule has 2 aromatic heterocycles. The highest BCUT2D eigenvalue weighted by Crippen LogP contribution is 2.44. The maximum Gasteiger partial charge on any atom is 0.159 e. The Morgan fingerprint density at radius 1 is 0.353 bits per heavy atom. The molecule has 0 aliphatic carbocycles. The number of benzene rings is 11. The van der Waals surface area contributed by atoms with Gasteiger partial charge in [-0.3, -0.25) is 0 Å². The molecule has 0 spiro atoms. The van der Waals surface area contributed by atoms with E-state index in [0.717, 1.165) is 44.9 Å². The lowest BCUT2D eigenvalue weighted by Gasteiger charge is -2.25. The zero-order chi connectivity index (χ0) is 44.7. The standard InChI is InChI=1S/C63H41N5/c1-3-19-40(20-4-1)61-64-62(41-37-38-47-45-25-8-7-23-43(45)44-24-9-10-26-46(44)53(47)39-41)66-63(65-61)52-29-13-16-34-56(52)68-55-33-15-12-28-51(55)60-49(31-18-36-58(60)68)48-30-17-35-57-59(48)50-27-11-14-32-54(50)67(57)42-21-5-2-6-22-42/h1-39,61H,(H,64,65,66). The highest BCUT2D eigenvalue weighted by molar-refractivity contribution is 6.27. The van der Waals surface area contributed by atoms with Crippen LogP contribution >= 0.6 is 0 Å². The Morgan fingerprint density at radius 3 is 1.47 bits per heavy atom. The molecule has 13 aromatic rings. The van der Waals surface area contributed by atoms with Gasteiger partial charge >= 0.3 is 0 Å². The second-order valence-electron chi connectivity index (χ2n) is 17.7. The molecule has 5 heteroatoms. The Morgan fingerprint density at radius 2 is 0.824 bits per heavy atom. The number of para-hydroxylation sites is 4. The molecule has 68 heavy (non-hydrogen) atoms. The Balaban J connectivity index is 0.976. The monoisotopic (exact) mass is 867 g/mol. The van der Waals surface area contributed by atoms with Crippen LogP contribution in [-0.2, 0) is 0 Å². The first-order chi connectivity index (χ1) is 33.8. The number of hydrogen-bond donors (Lipinski definition) is 1. The van der Waals surface area contributed by atoms with Crippen LogP contribution in [0.25, 0.3) is 98.4 Å². The van der Waals surface area contributed by atoms with Crippen LogP contribution in [0.2, 0.25) is 0 Å². The zero-order valence-corrected chi connectivity index (χ0v) is 36.9. The number of aliphatic imine (C=N–C) groups is 2. The van der Waals surface area contributed by atoms with E-state index in [0.29, 0.717) is 5.84 Å². The van der Waals surface area contributed by atoms with Gasteiger partial charge < -0.3 is 14.5 Å². The summed E-state index contributed by atoms with van der Waals surface area (Å²) in [5, 5.41) is 16.0.